The first-order chi connectivity index (χ1) is 15.2. The van der Waals surface area contributed by atoms with Crippen molar-refractivity contribution in [3.8, 4) is 11.5 Å². The molecule has 4 aliphatic rings. The molecule has 3 saturated heterocycles. The van der Waals surface area contributed by atoms with Crippen LogP contribution >= 0.6 is 0 Å². The lowest BCUT2D eigenvalue weighted by molar-refractivity contribution is -0.00955. The van der Waals surface area contributed by atoms with Gasteiger partial charge in [-0.3, -0.25) is 9.69 Å². The van der Waals surface area contributed by atoms with Gasteiger partial charge in [0.05, 0.1) is 0 Å². The van der Waals surface area contributed by atoms with Crippen LogP contribution in [0.3, 0.4) is 0 Å². The molecule has 4 atom stereocenters. The van der Waals surface area contributed by atoms with Crippen LogP contribution in [-0.4, -0.2) is 61.8 Å². The third kappa shape index (κ3) is 4.55. The summed E-state index contributed by atoms with van der Waals surface area (Å²) in [6, 6.07) is 16.5. The standard InChI is InChI=1S/C25H31N3O3/c1-27(14-18-5-3-2-4-6-18)15-21-16-28-10-9-19(21)11-22(28)13-26-25(29)20-7-8-23-24(12-20)31-17-30-23/h2-8,12,19,21-22H,9-11,13-17H2,1H3,(H,26,29). The van der Waals surface area contributed by atoms with Gasteiger partial charge in [-0.25, -0.2) is 0 Å². The summed E-state index contributed by atoms with van der Waals surface area (Å²) in [6.07, 6.45) is 2.45. The van der Waals surface area contributed by atoms with Crippen LogP contribution < -0.4 is 14.8 Å². The number of carbonyl (C=O) groups is 1. The molecule has 0 saturated carbocycles. The molecule has 164 valence electrons. The Balaban J connectivity index is 1.12. The Morgan fingerprint density at radius 3 is 2.81 bits per heavy atom. The van der Waals surface area contributed by atoms with Crippen LogP contribution in [0.15, 0.2) is 48.5 Å². The highest BCUT2D eigenvalue weighted by atomic mass is 16.7. The van der Waals surface area contributed by atoms with E-state index in [1.165, 1.54) is 18.4 Å². The SMILES string of the molecule is CN(Cc1ccccc1)CC1CN2CCC1CC2CNC(=O)c1ccc2c(c1)OCO2. The van der Waals surface area contributed by atoms with Crippen LogP contribution in [0.5, 0.6) is 11.5 Å². The maximum atomic E-state index is 12.6. The van der Waals surface area contributed by atoms with Crippen molar-refractivity contribution in [2.75, 3.05) is 40.0 Å². The van der Waals surface area contributed by atoms with Crippen molar-refractivity contribution in [1.82, 2.24) is 15.1 Å². The maximum Gasteiger partial charge on any atom is 0.251 e. The summed E-state index contributed by atoms with van der Waals surface area (Å²) in [5.74, 6) is 2.77. The van der Waals surface area contributed by atoms with Crippen LogP contribution in [0.2, 0.25) is 0 Å². The molecule has 0 spiro atoms. The second-order valence-electron chi connectivity index (χ2n) is 9.15. The number of carbonyl (C=O) groups excluding carboxylic acids is 1. The zero-order chi connectivity index (χ0) is 21.2. The molecule has 6 rings (SSSR count). The van der Waals surface area contributed by atoms with E-state index >= 15 is 0 Å². The van der Waals surface area contributed by atoms with Gasteiger partial charge in [0, 0.05) is 37.8 Å². The highest BCUT2D eigenvalue weighted by Gasteiger charge is 2.40. The minimum Gasteiger partial charge on any atom is -0.454 e. The third-order valence-electron chi connectivity index (χ3n) is 6.99. The molecule has 4 aliphatic heterocycles. The molecule has 4 unspecified atom stereocenters. The number of nitrogens with one attached hydrogen (secondary N) is 1. The lowest BCUT2D eigenvalue weighted by atomic mass is 9.75. The molecule has 6 nitrogen and oxygen atoms in total. The number of nitrogens with zero attached hydrogens (tertiary/aromatic N) is 2. The number of hydrogen-bond acceptors (Lipinski definition) is 5. The number of ether oxygens (including phenoxy) is 2. The highest BCUT2D eigenvalue weighted by molar-refractivity contribution is 5.94. The van der Waals surface area contributed by atoms with Gasteiger partial charge >= 0.3 is 0 Å². The topological polar surface area (TPSA) is 54.0 Å². The van der Waals surface area contributed by atoms with E-state index in [4.69, 9.17) is 9.47 Å². The summed E-state index contributed by atoms with van der Waals surface area (Å²) >= 11 is 0. The molecular formula is C25H31N3O3. The van der Waals surface area contributed by atoms with Crippen molar-refractivity contribution in [1.29, 1.82) is 0 Å². The molecule has 3 fully saturated rings. The van der Waals surface area contributed by atoms with Crippen molar-refractivity contribution in [3.05, 3.63) is 59.7 Å². The number of fused-ring (bicyclic) bond motifs is 4. The number of rotatable bonds is 7. The summed E-state index contributed by atoms with van der Waals surface area (Å²) in [6.45, 7) is 5.34. The van der Waals surface area contributed by atoms with E-state index in [0.29, 0.717) is 35.6 Å². The second-order valence-corrected chi connectivity index (χ2v) is 9.15. The van der Waals surface area contributed by atoms with Crippen LogP contribution in [-0.2, 0) is 6.54 Å². The Hall–Kier alpha value is -2.57. The first-order valence-electron chi connectivity index (χ1n) is 11.3. The van der Waals surface area contributed by atoms with Gasteiger partial charge in [-0.05, 0) is 62.0 Å². The van der Waals surface area contributed by atoms with Gasteiger partial charge in [-0.15, -0.1) is 0 Å². The molecule has 2 aromatic carbocycles. The van der Waals surface area contributed by atoms with Gasteiger partial charge in [0.2, 0.25) is 6.79 Å². The van der Waals surface area contributed by atoms with E-state index in [2.05, 4.69) is 52.5 Å². The molecule has 31 heavy (non-hydrogen) atoms. The van der Waals surface area contributed by atoms with Crippen LogP contribution in [0.4, 0.5) is 0 Å². The molecule has 1 amide bonds. The highest BCUT2D eigenvalue weighted by Crippen LogP contribution is 2.37. The number of benzene rings is 2. The maximum absolute atomic E-state index is 12.6. The first-order valence-corrected chi connectivity index (χ1v) is 11.3. The van der Waals surface area contributed by atoms with Crippen molar-refractivity contribution in [2.24, 2.45) is 11.8 Å². The summed E-state index contributed by atoms with van der Waals surface area (Å²) < 4.78 is 10.7. The van der Waals surface area contributed by atoms with Crippen molar-refractivity contribution >= 4 is 5.91 Å². The fourth-order valence-corrected chi connectivity index (χ4v) is 5.38. The van der Waals surface area contributed by atoms with Crippen LogP contribution in [0.25, 0.3) is 0 Å². The van der Waals surface area contributed by atoms with Gasteiger partial charge in [0.1, 0.15) is 0 Å². The van der Waals surface area contributed by atoms with Crippen molar-refractivity contribution in [3.63, 3.8) is 0 Å². The predicted molar refractivity (Wildman–Crippen MR) is 119 cm³/mol. The molecule has 2 bridgehead atoms. The Morgan fingerprint density at radius 1 is 1.16 bits per heavy atom. The second kappa shape index (κ2) is 8.89. The zero-order valence-electron chi connectivity index (χ0n) is 18.1. The minimum atomic E-state index is -0.0416. The predicted octanol–water partition coefficient (Wildman–Crippen LogP) is 2.99. The Morgan fingerprint density at radius 2 is 2.00 bits per heavy atom. The van der Waals surface area contributed by atoms with Gasteiger partial charge in [-0.2, -0.15) is 0 Å². The fourth-order valence-electron chi connectivity index (χ4n) is 5.38. The molecular weight excluding hydrogens is 390 g/mol. The lowest BCUT2D eigenvalue weighted by Crippen LogP contribution is -2.58. The minimum absolute atomic E-state index is 0.0416. The Bertz CT molecular complexity index is 919. The molecule has 4 heterocycles. The largest absolute Gasteiger partial charge is 0.454 e. The van der Waals surface area contributed by atoms with E-state index < -0.39 is 0 Å². The van der Waals surface area contributed by atoms with Crippen molar-refractivity contribution < 1.29 is 14.3 Å². The first kappa shape index (κ1) is 20.3. The third-order valence-corrected chi connectivity index (χ3v) is 6.99. The molecule has 0 aliphatic carbocycles. The number of amides is 1. The average molecular weight is 422 g/mol. The van der Waals surface area contributed by atoms with Crippen LogP contribution in [0.1, 0.15) is 28.8 Å². The molecule has 0 radical (unpaired) electrons. The average Bonchev–Trinajstić information content (AvgIpc) is 3.26. The molecule has 1 N–H and O–H groups in total. The van der Waals surface area contributed by atoms with Crippen LogP contribution in [0, 0.1) is 11.8 Å². The van der Waals surface area contributed by atoms with E-state index in [0.717, 1.165) is 32.1 Å². The number of hydrogen-bond donors (Lipinski definition) is 1. The normalized spacial score (nSPS) is 26.3. The Labute approximate surface area is 184 Å². The van der Waals surface area contributed by atoms with Gasteiger partial charge in [0.15, 0.2) is 11.5 Å². The Kier molecular flexibility index (Phi) is 5.83. The lowest BCUT2D eigenvalue weighted by Gasteiger charge is -2.50. The van der Waals surface area contributed by atoms with E-state index in [1.54, 1.807) is 18.2 Å². The molecule has 6 heteroatoms. The van der Waals surface area contributed by atoms with Gasteiger partial charge in [-0.1, -0.05) is 30.3 Å². The van der Waals surface area contributed by atoms with Crippen molar-refractivity contribution in [2.45, 2.75) is 25.4 Å². The summed E-state index contributed by atoms with van der Waals surface area (Å²) in [4.78, 5) is 17.7. The monoisotopic (exact) mass is 421 g/mol. The van der Waals surface area contributed by atoms with E-state index in [-0.39, 0.29) is 12.7 Å². The summed E-state index contributed by atoms with van der Waals surface area (Å²) in [5.41, 5.74) is 2.00. The van der Waals surface area contributed by atoms with Gasteiger partial charge < -0.3 is 19.7 Å². The fraction of sp³-hybridized carbons (Fsp3) is 0.480. The number of piperidine rings is 3. The smallest absolute Gasteiger partial charge is 0.251 e. The quantitative estimate of drug-likeness (QED) is 0.745. The molecule has 2 aromatic rings. The summed E-state index contributed by atoms with van der Waals surface area (Å²) in [5, 5.41) is 3.15. The van der Waals surface area contributed by atoms with E-state index in [9.17, 15) is 4.79 Å². The van der Waals surface area contributed by atoms with Gasteiger partial charge in [0.25, 0.3) is 5.91 Å². The summed E-state index contributed by atoms with van der Waals surface area (Å²) in [7, 11) is 2.23. The zero-order valence-corrected chi connectivity index (χ0v) is 18.1. The molecule has 0 aromatic heterocycles. The van der Waals surface area contributed by atoms with E-state index in [1.807, 2.05) is 0 Å².